The number of carbonyl (C=O) groups excluding carboxylic acids is 1. The third kappa shape index (κ3) is 4.12. The lowest BCUT2D eigenvalue weighted by Crippen LogP contribution is -2.34. The minimum absolute atomic E-state index is 0.0451. The van der Waals surface area contributed by atoms with Crippen LogP contribution in [-0.4, -0.2) is 27.9 Å². The van der Waals surface area contributed by atoms with Gasteiger partial charge in [-0.25, -0.2) is 0 Å². The lowest BCUT2D eigenvalue weighted by atomic mass is 9.82. The third-order valence-electron chi connectivity index (χ3n) is 2.32. The van der Waals surface area contributed by atoms with Crippen molar-refractivity contribution in [2.75, 3.05) is 0 Å². The van der Waals surface area contributed by atoms with E-state index < -0.39 is 17.4 Å². The highest BCUT2D eigenvalue weighted by atomic mass is 16.3. The SMILES string of the molecule is CC(=O)N/C(O)=C/C(=N)C(C)(C)[C@H](C)O. The van der Waals surface area contributed by atoms with Crippen LogP contribution in [-0.2, 0) is 4.79 Å². The molecule has 5 nitrogen and oxygen atoms in total. The van der Waals surface area contributed by atoms with E-state index in [2.05, 4.69) is 5.32 Å². The van der Waals surface area contributed by atoms with E-state index in [1.165, 1.54) is 6.92 Å². The van der Waals surface area contributed by atoms with Crippen LogP contribution in [0.5, 0.6) is 0 Å². The van der Waals surface area contributed by atoms with Crippen LogP contribution in [0, 0.1) is 10.8 Å². The molecule has 5 heteroatoms. The number of aliphatic hydroxyl groups is 2. The summed E-state index contributed by atoms with van der Waals surface area (Å²) in [6.07, 6.45) is 0.403. The van der Waals surface area contributed by atoms with Crippen LogP contribution in [0.15, 0.2) is 12.0 Å². The van der Waals surface area contributed by atoms with Gasteiger partial charge in [-0.05, 0) is 6.92 Å². The van der Waals surface area contributed by atoms with E-state index in [1.54, 1.807) is 20.8 Å². The predicted molar refractivity (Wildman–Crippen MR) is 57.7 cm³/mol. The number of hydrogen-bond donors (Lipinski definition) is 4. The molecule has 0 bridgehead atoms. The molecule has 0 aromatic carbocycles. The van der Waals surface area contributed by atoms with Gasteiger partial charge in [0.15, 0.2) is 5.88 Å². The van der Waals surface area contributed by atoms with Gasteiger partial charge in [-0.2, -0.15) is 0 Å². The number of nitrogens with one attached hydrogen (secondary N) is 2. The van der Waals surface area contributed by atoms with Gasteiger partial charge in [0.1, 0.15) is 0 Å². The molecule has 0 saturated heterocycles. The summed E-state index contributed by atoms with van der Waals surface area (Å²) in [4.78, 5) is 10.6. The first-order valence-corrected chi connectivity index (χ1v) is 4.63. The molecule has 0 unspecified atom stereocenters. The van der Waals surface area contributed by atoms with Gasteiger partial charge in [0.2, 0.25) is 5.91 Å². The van der Waals surface area contributed by atoms with Crippen LogP contribution in [0.2, 0.25) is 0 Å². The van der Waals surface area contributed by atoms with Gasteiger partial charge in [0, 0.05) is 24.1 Å². The lowest BCUT2D eigenvalue weighted by molar-refractivity contribution is -0.118. The van der Waals surface area contributed by atoms with Gasteiger partial charge in [0.05, 0.1) is 6.10 Å². The van der Waals surface area contributed by atoms with E-state index in [0.29, 0.717) is 0 Å². The van der Waals surface area contributed by atoms with Crippen molar-refractivity contribution in [3.63, 3.8) is 0 Å². The second kappa shape index (κ2) is 4.93. The van der Waals surface area contributed by atoms with E-state index >= 15 is 0 Å². The van der Waals surface area contributed by atoms with Crippen LogP contribution in [0.4, 0.5) is 0 Å². The first-order valence-electron chi connectivity index (χ1n) is 4.63. The fourth-order valence-corrected chi connectivity index (χ4v) is 0.764. The average Bonchev–Trinajstić information content (AvgIpc) is 2.01. The predicted octanol–water partition coefficient (Wildman–Crippen LogP) is 0.949. The molecule has 0 aliphatic rings. The van der Waals surface area contributed by atoms with Crippen LogP contribution < -0.4 is 5.32 Å². The quantitative estimate of drug-likeness (QED) is 0.414. The van der Waals surface area contributed by atoms with Gasteiger partial charge < -0.3 is 15.6 Å². The van der Waals surface area contributed by atoms with E-state index in [9.17, 15) is 15.0 Å². The monoisotopic (exact) mass is 214 g/mol. The number of rotatable bonds is 4. The Bertz CT molecular complexity index is 293. The summed E-state index contributed by atoms with van der Waals surface area (Å²) in [7, 11) is 0. The summed E-state index contributed by atoms with van der Waals surface area (Å²) >= 11 is 0. The Labute approximate surface area is 89.3 Å². The van der Waals surface area contributed by atoms with Crippen LogP contribution in [0.3, 0.4) is 0 Å². The Morgan fingerprint density at radius 2 is 2.00 bits per heavy atom. The van der Waals surface area contributed by atoms with Gasteiger partial charge in [0.25, 0.3) is 0 Å². The molecule has 0 aromatic rings. The Balaban J connectivity index is 4.67. The Hall–Kier alpha value is -1.36. The molecule has 4 N–H and O–H groups in total. The second-order valence-corrected chi connectivity index (χ2v) is 4.02. The standard InChI is InChI=1S/C10H18N2O3/c1-6(13)10(3,4)8(11)5-9(15)12-7(2)14/h5-6,11,13,15H,1-4H3,(H,12,14)/b9-5-,11-8?/t6-/m0/s1. The Morgan fingerprint density at radius 1 is 1.53 bits per heavy atom. The van der Waals surface area contributed by atoms with Crippen molar-refractivity contribution in [3.05, 3.63) is 12.0 Å². The largest absolute Gasteiger partial charge is 0.494 e. The normalized spacial score (nSPS) is 14.6. The summed E-state index contributed by atoms with van der Waals surface area (Å²) in [5.74, 6) is -0.798. The maximum absolute atomic E-state index is 10.6. The summed E-state index contributed by atoms with van der Waals surface area (Å²) in [5.41, 5.74) is -0.726. The van der Waals surface area contributed by atoms with Crippen LogP contribution in [0.25, 0.3) is 0 Å². The van der Waals surface area contributed by atoms with Crippen molar-refractivity contribution >= 4 is 11.6 Å². The van der Waals surface area contributed by atoms with Gasteiger partial charge in [-0.15, -0.1) is 0 Å². The topological polar surface area (TPSA) is 93.4 Å². The van der Waals surface area contributed by atoms with E-state index in [-0.39, 0.29) is 11.6 Å². The number of amides is 1. The molecule has 0 spiro atoms. The van der Waals surface area contributed by atoms with E-state index in [0.717, 1.165) is 6.08 Å². The highest BCUT2D eigenvalue weighted by Crippen LogP contribution is 2.22. The zero-order valence-electron chi connectivity index (χ0n) is 9.46. The number of allylic oxidation sites excluding steroid dienone is 1. The number of carbonyl (C=O) groups is 1. The van der Waals surface area contributed by atoms with Crippen LogP contribution >= 0.6 is 0 Å². The fraction of sp³-hybridized carbons (Fsp3) is 0.600. The van der Waals surface area contributed by atoms with Crippen LogP contribution in [0.1, 0.15) is 27.7 Å². The second-order valence-electron chi connectivity index (χ2n) is 4.02. The molecule has 0 fully saturated rings. The maximum atomic E-state index is 10.6. The zero-order valence-corrected chi connectivity index (χ0v) is 9.46. The third-order valence-corrected chi connectivity index (χ3v) is 2.32. The molecule has 0 aromatic heterocycles. The summed E-state index contributed by atoms with van der Waals surface area (Å²) in [6.45, 7) is 6.18. The maximum Gasteiger partial charge on any atom is 0.223 e. The Morgan fingerprint density at radius 3 is 2.33 bits per heavy atom. The fourth-order valence-electron chi connectivity index (χ4n) is 0.764. The zero-order chi connectivity index (χ0) is 12.2. The first kappa shape index (κ1) is 13.6. The molecule has 1 atom stereocenters. The molecule has 15 heavy (non-hydrogen) atoms. The summed E-state index contributed by atoms with van der Waals surface area (Å²) in [6, 6.07) is 0. The minimum atomic E-state index is -0.771. The summed E-state index contributed by atoms with van der Waals surface area (Å²) < 4.78 is 0. The molecular weight excluding hydrogens is 196 g/mol. The van der Waals surface area contributed by atoms with Crippen molar-refractivity contribution in [1.82, 2.24) is 5.32 Å². The minimum Gasteiger partial charge on any atom is -0.494 e. The molecule has 0 radical (unpaired) electrons. The lowest BCUT2D eigenvalue weighted by Gasteiger charge is -2.27. The molecular formula is C10H18N2O3. The summed E-state index contributed by atoms with van der Waals surface area (Å²) in [5, 5.41) is 28.4. The molecule has 0 aliphatic heterocycles. The van der Waals surface area contributed by atoms with Crippen molar-refractivity contribution in [3.8, 4) is 0 Å². The van der Waals surface area contributed by atoms with Crippen molar-refractivity contribution in [2.24, 2.45) is 5.41 Å². The first-order chi connectivity index (χ1) is 6.67. The van der Waals surface area contributed by atoms with Crippen molar-refractivity contribution in [2.45, 2.75) is 33.8 Å². The Kier molecular flexibility index (Phi) is 4.48. The van der Waals surface area contributed by atoms with E-state index in [1.807, 2.05) is 0 Å². The van der Waals surface area contributed by atoms with Gasteiger partial charge >= 0.3 is 0 Å². The number of aliphatic hydroxyl groups excluding tert-OH is 2. The molecule has 0 heterocycles. The smallest absolute Gasteiger partial charge is 0.223 e. The van der Waals surface area contributed by atoms with Gasteiger partial charge in [-0.1, -0.05) is 13.8 Å². The van der Waals surface area contributed by atoms with E-state index in [4.69, 9.17) is 5.41 Å². The van der Waals surface area contributed by atoms with Gasteiger partial charge in [-0.3, -0.25) is 10.1 Å². The highest BCUT2D eigenvalue weighted by molar-refractivity contribution is 5.97. The van der Waals surface area contributed by atoms with Crippen molar-refractivity contribution < 1.29 is 15.0 Å². The molecule has 0 rings (SSSR count). The molecule has 1 amide bonds. The highest BCUT2D eigenvalue weighted by Gasteiger charge is 2.28. The average molecular weight is 214 g/mol. The molecule has 86 valence electrons. The molecule has 0 aliphatic carbocycles. The van der Waals surface area contributed by atoms with Crippen molar-refractivity contribution in [1.29, 1.82) is 5.41 Å². The molecule has 0 saturated carbocycles. The number of hydrogen-bond acceptors (Lipinski definition) is 4.